The van der Waals surface area contributed by atoms with Gasteiger partial charge in [0.15, 0.2) is 0 Å². The molecule has 218 valence electrons. The van der Waals surface area contributed by atoms with Crippen LogP contribution in [-0.2, 0) is 17.8 Å². The lowest BCUT2D eigenvalue weighted by molar-refractivity contribution is -0.128. The third-order valence-corrected chi connectivity index (χ3v) is 8.73. The molecule has 0 N–H and O–H groups in total. The van der Waals surface area contributed by atoms with Crippen LogP contribution < -0.4 is 14.5 Å². The monoisotopic (exact) mass is 557 g/mol. The fourth-order valence-electron chi connectivity index (χ4n) is 6.25. The van der Waals surface area contributed by atoms with Gasteiger partial charge in [-0.3, -0.25) is 4.79 Å². The predicted molar refractivity (Wildman–Crippen MR) is 162 cm³/mol. The molecule has 1 aromatic carbocycles. The van der Waals surface area contributed by atoms with Crippen molar-refractivity contribution in [3.63, 3.8) is 0 Å². The van der Waals surface area contributed by atoms with Crippen molar-refractivity contribution in [1.29, 1.82) is 0 Å². The van der Waals surface area contributed by atoms with E-state index in [1.807, 2.05) is 11.8 Å². The van der Waals surface area contributed by atoms with Crippen molar-refractivity contribution in [2.75, 3.05) is 69.8 Å². The van der Waals surface area contributed by atoms with Gasteiger partial charge >= 0.3 is 6.01 Å². The first-order chi connectivity index (χ1) is 19.7. The third-order valence-electron chi connectivity index (χ3n) is 8.73. The lowest BCUT2D eigenvalue weighted by atomic mass is 10.0. The highest BCUT2D eigenvalue weighted by Gasteiger charge is 2.44. The number of carbonyl (C=O) groups is 1. The van der Waals surface area contributed by atoms with Crippen molar-refractivity contribution in [3.05, 3.63) is 64.2 Å². The molecule has 1 aromatic heterocycles. The summed E-state index contributed by atoms with van der Waals surface area (Å²) in [5.41, 5.74) is 6.16. The molecule has 1 aliphatic carbocycles. The molecule has 1 amide bonds. The summed E-state index contributed by atoms with van der Waals surface area (Å²) >= 11 is 0. The summed E-state index contributed by atoms with van der Waals surface area (Å²) in [6.45, 7) is 18.9. The van der Waals surface area contributed by atoms with E-state index in [4.69, 9.17) is 21.3 Å². The number of nitrogens with zero attached hydrogens (tertiary/aromatic N) is 7. The normalized spacial score (nSPS) is 19.8. The quantitative estimate of drug-likeness (QED) is 0.342. The Balaban J connectivity index is 1.45. The van der Waals surface area contributed by atoms with Crippen LogP contribution in [0.3, 0.4) is 0 Å². The Bertz CT molecular complexity index is 1340. The van der Waals surface area contributed by atoms with E-state index in [9.17, 15) is 4.79 Å². The number of ether oxygens (including phenoxy) is 1. The molecule has 1 saturated heterocycles. The number of benzene rings is 1. The molecule has 1 saturated carbocycles. The molecule has 2 aromatic rings. The summed E-state index contributed by atoms with van der Waals surface area (Å²) < 4.78 is 6.36. The lowest BCUT2D eigenvalue weighted by Gasteiger charge is -2.41. The standard InChI is InChI=1S/C32H43N7O2/c1-7-9-29(40)39-17-16-38(19-25(39)18-33-4)30-26-12-15-37(28-11-8-10-23(2)24(28)3)20-27(26)34-31(35-30)41-22-32(13-14-32)21-36(5)6/h7-11,25H,12-22H2,1-3,5-6H3/b9-7+. The second-order valence-corrected chi connectivity index (χ2v) is 12.1. The number of aryl methyl sites for hydroxylation is 1. The van der Waals surface area contributed by atoms with Crippen LogP contribution in [0.5, 0.6) is 6.01 Å². The van der Waals surface area contributed by atoms with Crippen molar-refractivity contribution in [3.8, 4) is 6.01 Å². The number of rotatable bonds is 9. The smallest absolute Gasteiger partial charge is 0.318 e. The highest BCUT2D eigenvalue weighted by molar-refractivity contribution is 5.88. The zero-order valence-corrected chi connectivity index (χ0v) is 25.2. The van der Waals surface area contributed by atoms with Crippen LogP contribution in [0.15, 0.2) is 30.4 Å². The second kappa shape index (κ2) is 12.1. The minimum absolute atomic E-state index is 0.0330. The largest absolute Gasteiger partial charge is 0.463 e. The molecule has 9 nitrogen and oxygen atoms in total. The van der Waals surface area contributed by atoms with Gasteiger partial charge in [0.2, 0.25) is 12.5 Å². The van der Waals surface area contributed by atoms with E-state index in [1.165, 1.54) is 16.8 Å². The van der Waals surface area contributed by atoms with Crippen LogP contribution in [0.2, 0.25) is 0 Å². The number of anilines is 2. The van der Waals surface area contributed by atoms with Crippen molar-refractivity contribution < 1.29 is 9.53 Å². The van der Waals surface area contributed by atoms with E-state index in [-0.39, 0.29) is 23.9 Å². The average molecular weight is 558 g/mol. The molecule has 3 aliphatic rings. The summed E-state index contributed by atoms with van der Waals surface area (Å²) in [7, 11) is 4.21. The molecule has 2 fully saturated rings. The van der Waals surface area contributed by atoms with Gasteiger partial charge in [0, 0.05) is 49.4 Å². The molecule has 1 atom stereocenters. The average Bonchev–Trinajstić information content (AvgIpc) is 3.71. The molecular formula is C32H43N7O2. The highest BCUT2D eigenvalue weighted by Crippen LogP contribution is 2.46. The number of hydrogen-bond acceptors (Lipinski definition) is 7. The van der Waals surface area contributed by atoms with Crippen molar-refractivity contribution in [2.45, 2.75) is 52.6 Å². The molecular weight excluding hydrogens is 514 g/mol. The summed E-state index contributed by atoms with van der Waals surface area (Å²) in [4.78, 5) is 35.2. The Hall–Kier alpha value is -3.64. The van der Waals surface area contributed by atoms with Crippen LogP contribution in [0.1, 0.15) is 42.1 Å². The number of carbonyl (C=O) groups excluding carboxylic acids is 1. The molecule has 0 radical (unpaired) electrons. The zero-order valence-electron chi connectivity index (χ0n) is 25.2. The summed E-state index contributed by atoms with van der Waals surface area (Å²) in [5.74, 6) is 0.866. The fourth-order valence-corrected chi connectivity index (χ4v) is 6.25. The predicted octanol–water partition coefficient (Wildman–Crippen LogP) is 3.89. The van der Waals surface area contributed by atoms with Gasteiger partial charge in [0.1, 0.15) is 11.9 Å². The first-order valence-corrected chi connectivity index (χ1v) is 14.7. The van der Waals surface area contributed by atoms with Crippen LogP contribution >= 0.6 is 0 Å². The maximum atomic E-state index is 12.8. The number of allylic oxidation sites excluding steroid dienone is 1. The van der Waals surface area contributed by atoms with Gasteiger partial charge in [-0.1, -0.05) is 18.2 Å². The Morgan fingerprint density at radius 1 is 1.20 bits per heavy atom. The van der Waals surface area contributed by atoms with E-state index >= 15 is 0 Å². The van der Waals surface area contributed by atoms with Crippen LogP contribution in [0.25, 0.3) is 4.85 Å². The van der Waals surface area contributed by atoms with Crippen molar-refractivity contribution >= 4 is 17.4 Å². The minimum atomic E-state index is -0.190. The SMILES string of the molecule is [C-]#[N+]CC1CN(c2nc(OCC3(CN(C)C)CC3)nc3c2CCN(c2cccc(C)c2C)C3)CCN1C(=O)/C=C/C. The number of amides is 1. The molecule has 1 unspecified atom stereocenters. The van der Waals surface area contributed by atoms with Gasteiger partial charge < -0.3 is 29.2 Å². The summed E-state index contributed by atoms with van der Waals surface area (Å²) in [6, 6.07) is 6.72. The van der Waals surface area contributed by atoms with Crippen molar-refractivity contribution in [2.24, 2.45) is 5.41 Å². The fraction of sp³-hybridized carbons (Fsp3) is 0.562. The Labute approximate surface area is 244 Å². The topological polar surface area (TPSA) is 69.4 Å². The highest BCUT2D eigenvalue weighted by atomic mass is 16.5. The Kier molecular flexibility index (Phi) is 8.50. The molecule has 41 heavy (non-hydrogen) atoms. The maximum Gasteiger partial charge on any atom is 0.318 e. The number of aromatic nitrogens is 2. The van der Waals surface area contributed by atoms with E-state index in [2.05, 4.69) is 65.7 Å². The van der Waals surface area contributed by atoms with E-state index in [0.717, 1.165) is 49.4 Å². The van der Waals surface area contributed by atoms with Crippen LogP contribution in [0, 0.1) is 25.8 Å². The van der Waals surface area contributed by atoms with Gasteiger partial charge in [-0.15, -0.1) is 0 Å². The van der Waals surface area contributed by atoms with Gasteiger partial charge in [0.25, 0.3) is 0 Å². The number of fused-ring (bicyclic) bond motifs is 1. The van der Waals surface area contributed by atoms with Crippen LogP contribution in [-0.4, -0.2) is 91.7 Å². The first kappa shape index (κ1) is 28.9. The van der Waals surface area contributed by atoms with Gasteiger partial charge in [-0.05, 0) is 77.4 Å². The molecule has 0 spiro atoms. The zero-order chi connectivity index (χ0) is 29.1. The number of hydrogen-bond donors (Lipinski definition) is 0. The molecule has 3 heterocycles. The molecule has 0 bridgehead atoms. The Morgan fingerprint density at radius 3 is 2.71 bits per heavy atom. The lowest BCUT2D eigenvalue weighted by Crippen LogP contribution is -2.56. The molecule has 5 rings (SSSR count). The van der Waals surface area contributed by atoms with E-state index < -0.39 is 0 Å². The molecule has 2 aliphatic heterocycles. The van der Waals surface area contributed by atoms with Gasteiger partial charge in [-0.25, -0.2) is 6.57 Å². The van der Waals surface area contributed by atoms with Crippen molar-refractivity contribution in [1.82, 2.24) is 19.8 Å². The number of piperazine rings is 1. The summed E-state index contributed by atoms with van der Waals surface area (Å²) in [6.07, 6.45) is 6.49. The Morgan fingerprint density at radius 2 is 2.00 bits per heavy atom. The van der Waals surface area contributed by atoms with E-state index in [0.29, 0.717) is 38.8 Å². The summed E-state index contributed by atoms with van der Waals surface area (Å²) in [5, 5.41) is 0. The first-order valence-electron chi connectivity index (χ1n) is 14.7. The molecule has 9 heteroatoms. The van der Waals surface area contributed by atoms with Gasteiger partial charge in [-0.2, -0.15) is 9.97 Å². The third kappa shape index (κ3) is 6.33. The van der Waals surface area contributed by atoms with Crippen LogP contribution in [0.4, 0.5) is 11.5 Å². The van der Waals surface area contributed by atoms with Gasteiger partial charge in [0.05, 0.1) is 18.8 Å². The van der Waals surface area contributed by atoms with E-state index in [1.54, 1.807) is 12.2 Å². The minimum Gasteiger partial charge on any atom is -0.463 e. The second-order valence-electron chi connectivity index (χ2n) is 12.1. The maximum absolute atomic E-state index is 12.8.